The topological polar surface area (TPSA) is 99.1 Å². The molecule has 128 valence electrons. The molecule has 1 fully saturated rings. The Morgan fingerprint density at radius 1 is 1.41 bits per heavy atom. The molecule has 7 heteroatoms. The number of hydrogen-bond acceptors (Lipinski definition) is 5. The van der Waals surface area contributed by atoms with Gasteiger partial charge in [-0.3, -0.25) is 4.79 Å². The number of piperidine rings is 1. The number of rotatable bonds is 5. The third kappa shape index (κ3) is 5.14. The molecule has 1 aliphatic heterocycles. The van der Waals surface area contributed by atoms with E-state index in [1.54, 1.807) is 27.8 Å². The maximum absolute atomic E-state index is 12.2. The number of amides is 1. The lowest BCUT2D eigenvalue weighted by atomic mass is 9.75. The van der Waals surface area contributed by atoms with Gasteiger partial charge in [-0.25, -0.2) is 4.79 Å². The first-order chi connectivity index (χ1) is 10.1. The molecule has 0 unspecified atom stereocenters. The van der Waals surface area contributed by atoms with Crippen molar-refractivity contribution in [3.63, 3.8) is 0 Å². The van der Waals surface area contributed by atoms with E-state index in [0.717, 1.165) is 0 Å². The lowest BCUT2D eigenvalue weighted by molar-refractivity contribution is -0.154. The first kappa shape index (κ1) is 18.7. The highest BCUT2D eigenvalue weighted by molar-refractivity contribution is 5.77. The van der Waals surface area contributed by atoms with Gasteiger partial charge in [-0.2, -0.15) is 0 Å². The van der Waals surface area contributed by atoms with Crippen molar-refractivity contribution >= 4 is 12.1 Å². The van der Waals surface area contributed by atoms with Crippen LogP contribution in [0.25, 0.3) is 0 Å². The highest BCUT2D eigenvalue weighted by Gasteiger charge is 2.45. The summed E-state index contributed by atoms with van der Waals surface area (Å²) in [5, 5.41) is 22.4. The smallest absolute Gasteiger partial charge is 0.410 e. The van der Waals surface area contributed by atoms with Crippen molar-refractivity contribution in [1.82, 2.24) is 10.2 Å². The van der Waals surface area contributed by atoms with Crippen molar-refractivity contribution in [3.8, 4) is 0 Å². The predicted molar refractivity (Wildman–Crippen MR) is 81.7 cm³/mol. The van der Waals surface area contributed by atoms with Crippen LogP contribution < -0.4 is 5.32 Å². The molecule has 1 rings (SSSR count). The lowest BCUT2D eigenvalue weighted by Crippen LogP contribution is -2.52. The molecule has 1 saturated heterocycles. The first-order valence-electron chi connectivity index (χ1n) is 7.64. The molecular formula is C15H28N2O5. The van der Waals surface area contributed by atoms with Gasteiger partial charge in [0.15, 0.2) is 0 Å². The summed E-state index contributed by atoms with van der Waals surface area (Å²) in [5.74, 6) is -0.976. The van der Waals surface area contributed by atoms with Crippen LogP contribution in [0.4, 0.5) is 4.79 Å². The van der Waals surface area contributed by atoms with Crippen molar-refractivity contribution in [1.29, 1.82) is 0 Å². The number of carboxylic acid groups (broad SMARTS) is 1. The summed E-state index contributed by atoms with van der Waals surface area (Å²) >= 11 is 0. The molecule has 7 nitrogen and oxygen atoms in total. The van der Waals surface area contributed by atoms with Gasteiger partial charge in [0.2, 0.25) is 0 Å². The molecule has 1 heterocycles. The average molecular weight is 316 g/mol. The van der Waals surface area contributed by atoms with Gasteiger partial charge in [0.05, 0.1) is 11.5 Å². The molecule has 1 amide bonds. The van der Waals surface area contributed by atoms with Crippen molar-refractivity contribution in [2.45, 2.75) is 51.7 Å². The fourth-order valence-electron chi connectivity index (χ4n) is 2.80. The van der Waals surface area contributed by atoms with E-state index in [4.69, 9.17) is 4.74 Å². The zero-order chi connectivity index (χ0) is 17.0. The predicted octanol–water partition coefficient (Wildman–Crippen LogP) is 1.06. The van der Waals surface area contributed by atoms with E-state index in [2.05, 4.69) is 5.32 Å². The third-order valence-electron chi connectivity index (χ3n) is 3.75. The van der Waals surface area contributed by atoms with Crippen LogP contribution in [-0.2, 0) is 9.53 Å². The number of ether oxygens (including phenoxy) is 1. The van der Waals surface area contributed by atoms with Gasteiger partial charge in [-0.15, -0.1) is 0 Å². The Morgan fingerprint density at radius 3 is 2.55 bits per heavy atom. The minimum Gasteiger partial charge on any atom is -0.481 e. The number of nitrogens with zero attached hydrogens (tertiary/aromatic N) is 1. The van der Waals surface area contributed by atoms with Crippen LogP contribution in [0.2, 0.25) is 0 Å². The van der Waals surface area contributed by atoms with Crippen molar-refractivity contribution in [3.05, 3.63) is 0 Å². The Labute approximate surface area is 131 Å². The van der Waals surface area contributed by atoms with Gasteiger partial charge >= 0.3 is 12.1 Å². The number of likely N-dealkylation sites (tertiary alicyclic amines) is 1. The molecule has 0 aromatic carbocycles. The summed E-state index contributed by atoms with van der Waals surface area (Å²) in [5.41, 5.74) is -1.74. The van der Waals surface area contributed by atoms with E-state index < -0.39 is 29.2 Å². The summed E-state index contributed by atoms with van der Waals surface area (Å²) in [6.07, 6.45) is -0.122. The summed E-state index contributed by atoms with van der Waals surface area (Å²) in [6, 6.07) is 0. The molecule has 0 aromatic rings. The highest BCUT2D eigenvalue weighted by Crippen LogP contribution is 2.35. The molecule has 22 heavy (non-hydrogen) atoms. The Bertz CT molecular complexity index is 407. The Balaban J connectivity index is 2.82. The monoisotopic (exact) mass is 316 g/mol. The second-order valence-corrected chi connectivity index (χ2v) is 7.01. The maximum Gasteiger partial charge on any atom is 0.410 e. The summed E-state index contributed by atoms with van der Waals surface area (Å²) in [6.45, 7) is 6.19. The molecule has 0 radical (unpaired) electrons. The largest absolute Gasteiger partial charge is 0.481 e. The zero-order valence-electron chi connectivity index (χ0n) is 13.9. The normalized spacial score (nSPS) is 24.0. The van der Waals surface area contributed by atoms with Gasteiger partial charge in [-0.05, 0) is 47.1 Å². The number of carbonyl (C=O) groups excluding carboxylic acids is 1. The second kappa shape index (κ2) is 7.28. The van der Waals surface area contributed by atoms with Crippen LogP contribution in [0.15, 0.2) is 0 Å². The Kier molecular flexibility index (Phi) is 6.19. The second-order valence-electron chi connectivity index (χ2n) is 7.01. The SMILES string of the molecule is CNC[C@H](O)C[C@@]1(C(=O)O)CCCN(C(=O)OC(C)(C)C)C1. The number of carbonyl (C=O) groups is 2. The van der Waals surface area contributed by atoms with Crippen LogP contribution >= 0.6 is 0 Å². The van der Waals surface area contributed by atoms with E-state index in [1.807, 2.05) is 0 Å². The standard InChI is InChI=1S/C15H28N2O5/c1-14(2,3)22-13(21)17-7-5-6-15(10-17,12(19)20)8-11(18)9-16-4/h11,16,18H,5-10H2,1-4H3,(H,19,20)/t11-,15+/m1/s1. The number of aliphatic carboxylic acids is 1. The molecule has 0 spiro atoms. The van der Waals surface area contributed by atoms with Gasteiger partial charge in [0.25, 0.3) is 0 Å². The minimum atomic E-state index is -1.12. The van der Waals surface area contributed by atoms with Crippen molar-refractivity contribution in [2.24, 2.45) is 5.41 Å². The van der Waals surface area contributed by atoms with Gasteiger partial charge in [0, 0.05) is 19.6 Å². The van der Waals surface area contributed by atoms with Crippen molar-refractivity contribution < 1.29 is 24.5 Å². The van der Waals surface area contributed by atoms with Gasteiger partial charge in [-0.1, -0.05) is 0 Å². The number of nitrogens with one attached hydrogen (secondary N) is 1. The zero-order valence-corrected chi connectivity index (χ0v) is 13.9. The number of likely N-dealkylation sites (N-methyl/N-ethyl adjacent to an activating group) is 1. The van der Waals surface area contributed by atoms with Gasteiger partial charge < -0.3 is 25.2 Å². The Morgan fingerprint density at radius 2 is 2.05 bits per heavy atom. The highest BCUT2D eigenvalue weighted by atomic mass is 16.6. The van der Waals surface area contributed by atoms with Crippen LogP contribution in [0.1, 0.15) is 40.0 Å². The van der Waals surface area contributed by atoms with E-state index in [0.29, 0.717) is 25.9 Å². The Hall–Kier alpha value is -1.34. The quantitative estimate of drug-likeness (QED) is 0.701. The molecule has 0 aliphatic carbocycles. The van der Waals surface area contributed by atoms with Crippen LogP contribution in [-0.4, -0.2) is 65.6 Å². The summed E-state index contributed by atoms with van der Waals surface area (Å²) in [4.78, 5) is 25.4. The van der Waals surface area contributed by atoms with Crippen LogP contribution in [0.5, 0.6) is 0 Å². The molecular weight excluding hydrogens is 288 g/mol. The summed E-state index contributed by atoms with van der Waals surface area (Å²) < 4.78 is 5.32. The van der Waals surface area contributed by atoms with Crippen LogP contribution in [0.3, 0.4) is 0 Å². The number of aliphatic hydroxyl groups is 1. The third-order valence-corrected chi connectivity index (χ3v) is 3.75. The number of hydrogen-bond donors (Lipinski definition) is 3. The fraction of sp³-hybridized carbons (Fsp3) is 0.867. The molecule has 0 bridgehead atoms. The first-order valence-corrected chi connectivity index (χ1v) is 7.64. The fourth-order valence-corrected chi connectivity index (χ4v) is 2.80. The molecule has 0 saturated carbocycles. The lowest BCUT2D eigenvalue weighted by Gasteiger charge is -2.41. The molecule has 3 N–H and O–H groups in total. The van der Waals surface area contributed by atoms with E-state index in [9.17, 15) is 19.8 Å². The van der Waals surface area contributed by atoms with Gasteiger partial charge in [0.1, 0.15) is 5.60 Å². The number of aliphatic hydroxyl groups excluding tert-OH is 1. The minimum absolute atomic E-state index is 0.0675. The summed E-state index contributed by atoms with van der Waals surface area (Å²) in [7, 11) is 1.70. The molecule has 0 aromatic heterocycles. The van der Waals surface area contributed by atoms with E-state index >= 15 is 0 Å². The average Bonchev–Trinajstić information content (AvgIpc) is 2.37. The van der Waals surface area contributed by atoms with E-state index in [-0.39, 0.29) is 13.0 Å². The molecule has 2 atom stereocenters. The van der Waals surface area contributed by atoms with Crippen molar-refractivity contribution in [2.75, 3.05) is 26.7 Å². The van der Waals surface area contributed by atoms with E-state index in [1.165, 1.54) is 4.90 Å². The number of carboxylic acids is 1. The molecule has 1 aliphatic rings. The van der Waals surface area contributed by atoms with Crippen LogP contribution in [0, 0.1) is 5.41 Å². The maximum atomic E-state index is 12.2.